The second-order valence-electron chi connectivity index (χ2n) is 15.6. The number of para-hydroxylation sites is 5. The van der Waals surface area contributed by atoms with Gasteiger partial charge in [-0.25, -0.2) is 0 Å². The predicted molar refractivity (Wildman–Crippen MR) is 253 cm³/mol. The molecule has 0 N–H and O–H groups in total. The van der Waals surface area contributed by atoms with Crippen LogP contribution in [-0.2, 0) is 0 Å². The molecule has 0 saturated heterocycles. The van der Waals surface area contributed by atoms with Gasteiger partial charge >= 0.3 is 357 Å². The second-order valence-corrected chi connectivity index (χ2v) is 19.9. The first-order valence-corrected chi connectivity index (χ1v) is 23.6. The maximum absolute atomic E-state index is 5.18. The van der Waals surface area contributed by atoms with Crippen LogP contribution in [-0.4, -0.2) is 52.1 Å². The Balaban J connectivity index is 0.992. The predicted octanol–water partition coefficient (Wildman–Crippen LogP) is 12.7. The summed E-state index contributed by atoms with van der Waals surface area (Å²) >= 11 is 0.368. The van der Waals surface area contributed by atoms with Crippen molar-refractivity contribution in [3.05, 3.63) is 188 Å². The van der Waals surface area contributed by atoms with Crippen LogP contribution in [0.15, 0.2) is 188 Å². The van der Waals surface area contributed by atoms with Crippen molar-refractivity contribution in [1.29, 1.82) is 0 Å². The zero-order chi connectivity index (χ0) is 39.1. The summed E-state index contributed by atoms with van der Waals surface area (Å²) in [5.74, 6) is 0.921. The van der Waals surface area contributed by atoms with E-state index in [0.29, 0.717) is 0 Å². The third kappa shape index (κ3) is 4.50. The van der Waals surface area contributed by atoms with Crippen molar-refractivity contribution in [3.63, 3.8) is 0 Å². The quantitative estimate of drug-likeness (QED) is 0.162. The molecule has 0 aliphatic carbocycles. The van der Waals surface area contributed by atoms with Gasteiger partial charge in [0.2, 0.25) is 0 Å². The zero-order valence-corrected chi connectivity index (χ0v) is 35.4. The van der Waals surface area contributed by atoms with Crippen molar-refractivity contribution < 1.29 is 0 Å². The summed E-state index contributed by atoms with van der Waals surface area (Å²) in [6.07, 6.45) is 0. The molecule has 0 radical (unpaired) electrons. The molecule has 6 heterocycles. The van der Waals surface area contributed by atoms with Crippen molar-refractivity contribution in [1.82, 2.24) is 23.1 Å². The van der Waals surface area contributed by atoms with Gasteiger partial charge in [0.05, 0.1) is 0 Å². The van der Waals surface area contributed by atoms with Crippen LogP contribution in [0.2, 0.25) is 0 Å². The Bertz CT molecular complexity index is 4080. The molecule has 0 aliphatic rings. The van der Waals surface area contributed by atoms with Crippen molar-refractivity contribution in [2.24, 2.45) is 0 Å². The monoisotopic (exact) mass is 897 g/mol. The average Bonchev–Trinajstić information content (AvgIpc) is 4.13. The SMILES string of the molecule is c1ccc(-n2c3ccc(-c4ccc5c(c4)c4c6ccccc6[se]c4n5-c4cccc(-n5c6ccccc6n6c7ccccc7nc56)c4)cc3c3c4ccccc4[se]c32)cc1. The number of hydrogen-bond donors (Lipinski definition) is 0. The fourth-order valence-electron chi connectivity index (χ4n) is 9.81. The van der Waals surface area contributed by atoms with Gasteiger partial charge in [-0.15, -0.1) is 0 Å². The van der Waals surface area contributed by atoms with E-state index < -0.39 is 0 Å². The van der Waals surface area contributed by atoms with Crippen LogP contribution >= 0.6 is 0 Å². The Hall–Kier alpha value is -6.85. The molecule has 0 bridgehead atoms. The molecule has 6 aromatic heterocycles. The van der Waals surface area contributed by atoms with E-state index in [2.05, 4.69) is 206 Å². The van der Waals surface area contributed by atoms with E-state index in [1.807, 2.05) is 0 Å². The fourth-order valence-corrected chi connectivity index (χ4v) is 15.1. The van der Waals surface area contributed by atoms with E-state index in [9.17, 15) is 0 Å². The van der Waals surface area contributed by atoms with Crippen molar-refractivity contribution in [2.75, 3.05) is 0 Å². The van der Waals surface area contributed by atoms with Crippen LogP contribution in [0.25, 0.3) is 117 Å². The van der Waals surface area contributed by atoms with E-state index in [1.54, 1.807) is 0 Å². The molecule has 7 heteroatoms. The molecule has 8 aromatic carbocycles. The molecule has 280 valence electrons. The summed E-state index contributed by atoms with van der Waals surface area (Å²) in [5, 5.41) is 8.13. The molecular weight excluding hydrogens is 865 g/mol. The number of rotatable bonds is 4. The molecule has 0 spiro atoms. The number of nitrogens with zero attached hydrogens (tertiary/aromatic N) is 5. The van der Waals surface area contributed by atoms with Gasteiger partial charge in [-0.1, -0.05) is 0 Å². The van der Waals surface area contributed by atoms with Crippen molar-refractivity contribution in [2.45, 2.75) is 0 Å². The first-order valence-electron chi connectivity index (χ1n) is 20.2. The first kappa shape index (κ1) is 33.0. The summed E-state index contributed by atoms with van der Waals surface area (Å²) in [5.41, 5.74) is 12.9. The third-order valence-electron chi connectivity index (χ3n) is 12.4. The van der Waals surface area contributed by atoms with Gasteiger partial charge in [-0.2, -0.15) is 0 Å². The minimum absolute atomic E-state index is 0.143. The zero-order valence-electron chi connectivity index (χ0n) is 32.0. The van der Waals surface area contributed by atoms with Gasteiger partial charge in [0.25, 0.3) is 0 Å². The molecule has 14 rings (SSSR count). The summed E-state index contributed by atoms with van der Waals surface area (Å²) in [6, 6.07) is 69.3. The van der Waals surface area contributed by atoms with Gasteiger partial charge in [0.15, 0.2) is 0 Å². The van der Waals surface area contributed by atoms with E-state index in [0.717, 1.165) is 39.2 Å². The molecule has 0 atom stereocenters. The molecule has 0 amide bonds. The van der Waals surface area contributed by atoms with E-state index in [4.69, 9.17) is 4.98 Å². The van der Waals surface area contributed by atoms with Gasteiger partial charge in [0.1, 0.15) is 0 Å². The normalized spacial score (nSPS) is 12.3. The van der Waals surface area contributed by atoms with Crippen LogP contribution in [0.1, 0.15) is 0 Å². The van der Waals surface area contributed by atoms with Gasteiger partial charge in [-0.05, 0) is 0 Å². The summed E-state index contributed by atoms with van der Waals surface area (Å²) < 4.78 is 15.4. The van der Waals surface area contributed by atoms with E-state index in [-0.39, 0.29) is 29.0 Å². The minimum atomic E-state index is 0.143. The Morgan fingerprint density at radius 3 is 1.53 bits per heavy atom. The fraction of sp³-hybridized carbons (Fsp3) is 0. The number of fused-ring (bicyclic) bond motifs is 15. The van der Waals surface area contributed by atoms with Gasteiger partial charge < -0.3 is 0 Å². The number of benzene rings is 8. The van der Waals surface area contributed by atoms with Crippen LogP contribution in [0, 0.1) is 0 Å². The topological polar surface area (TPSA) is 32.1 Å². The Morgan fingerprint density at radius 2 is 0.867 bits per heavy atom. The molecule has 0 aliphatic heterocycles. The van der Waals surface area contributed by atoms with Crippen LogP contribution in [0.3, 0.4) is 0 Å². The number of aromatic nitrogens is 5. The van der Waals surface area contributed by atoms with E-state index >= 15 is 0 Å². The van der Waals surface area contributed by atoms with Crippen LogP contribution in [0.5, 0.6) is 0 Å². The molecule has 0 saturated carbocycles. The van der Waals surface area contributed by atoms with Crippen LogP contribution in [0.4, 0.5) is 0 Å². The molecule has 0 fully saturated rings. The Morgan fingerprint density at radius 1 is 0.350 bits per heavy atom. The molecular formula is C53H31N5Se2. The van der Waals surface area contributed by atoms with Gasteiger partial charge in [-0.3, -0.25) is 0 Å². The number of hydrogen-bond acceptors (Lipinski definition) is 1. The van der Waals surface area contributed by atoms with E-state index in [1.165, 1.54) is 77.5 Å². The van der Waals surface area contributed by atoms with Crippen molar-refractivity contribution >= 4 is 118 Å². The molecule has 0 unspecified atom stereocenters. The maximum atomic E-state index is 5.18. The van der Waals surface area contributed by atoms with Crippen LogP contribution < -0.4 is 0 Å². The number of imidazole rings is 2. The summed E-state index contributed by atoms with van der Waals surface area (Å²) in [6.45, 7) is 0. The molecule has 60 heavy (non-hydrogen) atoms. The summed E-state index contributed by atoms with van der Waals surface area (Å²) in [7, 11) is 0. The van der Waals surface area contributed by atoms with Crippen molar-refractivity contribution in [3.8, 4) is 28.2 Å². The standard InChI is InChI=1S/C53H31N5Se2/c1-2-13-34(14-3-1)55-42-27-25-32(29-39(42)49-37-17-4-10-23-47(37)59-51(49)55)33-26-28-43-40(30-33)50-38-18-5-11-24-48(38)60-52(50)56(43)35-15-12-16-36(31-35)57-45-21-8-9-22-46(45)58-44-20-7-6-19-41(44)54-53(57)58/h1-31H. The molecule has 14 aromatic rings. The summed E-state index contributed by atoms with van der Waals surface area (Å²) in [4.78, 5) is 5.18. The van der Waals surface area contributed by atoms with Gasteiger partial charge in [0, 0.05) is 0 Å². The Kier molecular flexibility index (Phi) is 6.79. The average molecular weight is 896 g/mol. The second kappa shape index (κ2) is 12.3. The third-order valence-corrected chi connectivity index (χ3v) is 17.2. The first-order chi connectivity index (χ1) is 29.8. The molecule has 5 nitrogen and oxygen atoms in total. The Labute approximate surface area is 354 Å².